The molecule has 268 valence electrons. The quantitative estimate of drug-likeness (QED) is 0.148. The number of rotatable bonds is 9. The molecule has 8 rings (SSSR count). The number of carbonyl (C=O) groups is 1. The van der Waals surface area contributed by atoms with Crippen molar-refractivity contribution in [2.45, 2.75) is 52.8 Å². The maximum Gasteiger partial charge on any atom is 0.310 e. The predicted octanol–water partition coefficient (Wildman–Crippen LogP) is 6.60. The van der Waals surface area contributed by atoms with Crippen molar-refractivity contribution < 1.29 is 19.4 Å². The molecular weight excluding hydrogens is 669 g/mol. The highest BCUT2D eigenvalue weighted by molar-refractivity contribution is 5.91. The summed E-state index contributed by atoms with van der Waals surface area (Å²) in [7, 11) is 0. The smallest absolute Gasteiger partial charge is 0.310 e. The Labute approximate surface area is 306 Å². The fraction of sp³-hybridized carbons (Fsp3) is 0.317. The average Bonchev–Trinajstić information content (AvgIpc) is 3.87. The van der Waals surface area contributed by atoms with Crippen molar-refractivity contribution in [3.63, 3.8) is 0 Å². The van der Waals surface area contributed by atoms with Crippen LogP contribution in [-0.2, 0) is 17.9 Å². The van der Waals surface area contributed by atoms with Crippen LogP contribution < -0.4 is 5.32 Å². The van der Waals surface area contributed by atoms with Gasteiger partial charge in [0.1, 0.15) is 17.1 Å². The number of carboxylic acid groups (broad SMARTS) is 1. The fourth-order valence-corrected chi connectivity index (χ4v) is 7.70. The lowest BCUT2D eigenvalue weighted by atomic mass is 9.90. The molecule has 0 saturated carbocycles. The molecule has 2 aliphatic heterocycles. The molecule has 2 saturated heterocycles. The Morgan fingerprint density at radius 1 is 1.02 bits per heavy atom. The van der Waals surface area contributed by atoms with Gasteiger partial charge in [0.05, 0.1) is 22.8 Å². The predicted molar refractivity (Wildman–Crippen MR) is 201 cm³/mol. The number of nitrogens with zero attached hydrogens (tertiary/aromatic N) is 7. The Kier molecular flexibility index (Phi) is 8.86. The second-order valence-corrected chi connectivity index (χ2v) is 14.6. The van der Waals surface area contributed by atoms with Crippen molar-refractivity contribution in [3.05, 3.63) is 94.9 Å². The number of aliphatic hydroxyl groups is 1. The largest absolute Gasteiger partial charge is 0.481 e. The summed E-state index contributed by atoms with van der Waals surface area (Å²) in [5, 5.41) is 34.1. The van der Waals surface area contributed by atoms with Crippen LogP contribution in [0.4, 0.5) is 11.5 Å². The lowest BCUT2D eigenvalue weighted by molar-refractivity contribution is -0.147. The number of aromatic nitrogens is 4. The molecule has 0 spiro atoms. The Bertz CT molecular complexity index is 2440. The Morgan fingerprint density at radius 3 is 2.62 bits per heavy atom. The van der Waals surface area contributed by atoms with Crippen LogP contribution in [0.5, 0.6) is 0 Å². The van der Waals surface area contributed by atoms with E-state index in [0.717, 1.165) is 75.2 Å². The molecule has 0 bridgehead atoms. The van der Waals surface area contributed by atoms with Crippen LogP contribution in [0.15, 0.2) is 71.5 Å². The van der Waals surface area contributed by atoms with Crippen LogP contribution >= 0.6 is 0 Å². The molecule has 0 aliphatic carbocycles. The number of hydrogen-bond donors (Lipinski definition) is 3. The third kappa shape index (κ3) is 6.59. The third-order valence-electron chi connectivity index (χ3n) is 10.7. The number of benzene rings is 2. The molecule has 4 aromatic heterocycles. The first kappa shape index (κ1) is 34.4. The summed E-state index contributed by atoms with van der Waals surface area (Å²) in [6.45, 7) is 9.77. The van der Waals surface area contributed by atoms with Gasteiger partial charge in [0.2, 0.25) is 5.89 Å². The van der Waals surface area contributed by atoms with Crippen molar-refractivity contribution >= 4 is 39.5 Å². The summed E-state index contributed by atoms with van der Waals surface area (Å²) in [5.41, 5.74) is 8.59. The van der Waals surface area contributed by atoms with E-state index in [2.05, 4.69) is 32.2 Å². The molecule has 0 amide bonds. The molecular formula is C41H40N8O4. The van der Waals surface area contributed by atoms with Gasteiger partial charge in [-0.2, -0.15) is 5.26 Å². The van der Waals surface area contributed by atoms with Gasteiger partial charge in [0, 0.05) is 73.5 Å². The zero-order valence-electron chi connectivity index (χ0n) is 29.9. The number of anilines is 2. The molecule has 2 aromatic carbocycles. The maximum atomic E-state index is 11.8. The van der Waals surface area contributed by atoms with Crippen molar-refractivity contribution in [3.8, 4) is 28.8 Å². The highest BCUT2D eigenvalue weighted by atomic mass is 16.4. The van der Waals surface area contributed by atoms with Gasteiger partial charge < -0.3 is 19.9 Å². The van der Waals surface area contributed by atoms with Gasteiger partial charge >= 0.3 is 5.97 Å². The van der Waals surface area contributed by atoms with Gasteiger partial charge in [-0.3, -0.25) is 24.6 Å². The monoisotopic (exact) mass is 708 g/mol. The Hall–Kier alpha value is -5.74. The second kappa shape index (κ2) is 13.7. The van der Waals surface area contributed by atoms with E-state index in [-0.39, 0.29) is 6.10 Å². The van der Waals surface area contributed by atoms with Crippen LogP contribution in [0.1, 0.15) is 47.6 Å². The van der Waals surface area contributed by atoms with Crippen LogP contribution in [0, 0.1) is 30.6 Å². The number of carboxylic acids is 1. The summed E-state index contributed by atoms with van der Waals surface area (Å²) >= 11 is 0. The summed E-state index contributed by atoms with van der Waals surface area (Å²) in [6.07, 6.45) is 6.54. The zero-order chi connectivity index (χ0) is 36.9. The summed E-state index contributed by atoms with van der Waals surface area (Å²) < 4.78 is 6.27. The standard InChI is InChI=1S/C41H40N8O4/c1-24-31(5-4-6-33(24)46-38-36-28(7-11-44-38)16-27(19-45-36)21-48-13-9-30(50)22-48)35-25(2)32(8-12-43-35)39-47-34-17-26(15-29(18-42)37(34)53-39)20-49-14-10-41(3,23-49)40(51)52/h4-8,11-12,15-17,19,30,50H,9-10,13-14,20-23H2,1-3H3,(H,44,46)(H,51,52)/t30-,41?/m1/s1. The minimum Gasteiger partial charge on any atom is -0.481 e. The van der Waals surface area contributed by atoms with Gasteiger partial charge in [0.25, 0.3) is 0 Å². The van der Waals surface area contributed by atoms with E-state index >= 15 is 0 Å². The number of fused-ring (bicyclic) bond motifs is 2. The van der Waals surface area contributed by atoms with E-state index in [1.54, 1.807) is 25.4 Å². The summed E-state index contributed by atoms with van der Waals surface area (Å²) in [6, 6.07) is 18.0. The minimum absolute atomic E-state index is 0.259. The molecule has 1 unspecified atom stereocenters. The molecule has 6 aromatic rings. The number of nitrogens with one attached hydrogen (secondary N) is 1. The minimum atomic E-state index is -0.788. The molecule has 12 nitrogen and oxygen atoms in total. The van der Waals surface area contributed by atoms with Gasteiger partial charge in [-0.15, -0.1) is 0 Å². The number of oxazole rings is 1. The molecule has 6 heterocycles. The first-order valence-electron chi connectivity index (χ1n) is 17.8. The van der Waals surface area contributed by atoms with E-state index in [9.17, 15) is 20.3 Å². The van der Waals surface area contributed by atoms with Gasteiger partial charge in [-0.25, -0.2) is 9.97 Å². The van der Waals surface area contributed by atoms with Crippen LogP contribution in [0.25, 0.3) is 44.7 Å². The maximum absolute atomic E-state index is 11.8. The number of β-amino-alcohol motifs (C(OH)–C–C–N with tert-alkyl or cyclic N) is 1. The highest BCUT2D eigenvalue weighted by Crippen LogP contribution is 2.37. The highest BCUT2D eigenvalue weighted by Gasteiger charge is 2.40. The third-order valence-corrected chi connectivity index (χ3v) is 10.7. The lowest BCUT2D eigenvalue weighted by Gasteiger charge is -2.20. The Morgan fingerprint density at radius 2 is 1.85 bits per heavy atom. The van der Waals surface area contributed by atoms with E-state index in [1.807, 2.05) is 56.4 Å². The first-order chi connectivity index (χ1) is 25.6. The molecule has 0 radical (unpaired) electrons. The van der Waals surface area contributed by atoms with Crippen LogP contribution in [0.2, 0.25) is 0 Å². The second-order valence-electron chi connectivity index (χ2n) is 14.6. The van der Waals surface area contributed by atoms with Crippen molar-refractivity contribution in [1.29, 1.82) is 5.26 Å². The average molecular weight is 709 g/mol. The lowest BCUT2D eigenvalue weighted by Crippen LogP contribution is -2.31. The van der Waals surface area contributed by atoms with Crippen molar-refractivity contribution in [2.24, 2.45) is 5.41 Å². The number of nitriles is 1. The first-order valence-corrected chi connectivity index (χ1v) is 17.8. The molecule has 2 atom stereocenters. The van der Waals surface area contributed by atoms with Crippen molar-refractivity contribution in [1.82, 2.24) is 29.7 Å². The van der Waals surface area contributed by atoms with Gasteiger partial charge in [-0.1, -0.05) is 12.1 Å². The number of pyridine rings is 3. The summed E-state index contributed by atoms with van der Waals surface area (Å²) in [5.74, 6) is 0.265. The molecule has 53 heavy (non-hydrogen) atoms. The molecule has 2 aliphatic rings. The normalized spacial score (nSPS) is 19.3. The van der Waals surface area contributed by atoms with E-state index < -0.39 is 11.4 Å². The molecule has 12 heteroatoms. The molecule has 2 fully saturated rings. The number of likely N-dealkylation sites (tertiary alicyclic amines) is 2. The molecule has 3 N–H and O–H groups in total. The van der Waals surface area contributed by atoms with Crippen molar-refractivity contribution in [2.75, 3.05) is 31.5 Å². The van der Waals surface area contributed by atoms with Gasteiger partial charge in [0.15, 0.2) is 11.4 Å². The number of aliphatic hydroxyl groups excluding tert-OH is 1. The van der Waals surface area contributed by atoms with Crippen LogP contribution in [0.3, 0.4) is 0 Å². The van der Waals surface area contributed by atoms with Crippen LogP contribution in [-0.4, -0.2) is 78.2 Å². The SMILES string of the molecule is Cc1c(Nc2nccc3cc(CN4CC[C@@H](O)C4)cnc23)cccc1-c1nccc(-c2nc3cc(CN4CCC(C)(C(=O)O)C4)cc(C#N)c3o2)c1C. The van der Waals surface area contributed by atoms with E-state index in [1.165, 1.54) is 0 Å². The topological polar surface area (TPSA) is 165 Å². The number of hydrogen-bond acceptors (Lipinski definition) is 11. The Balaban J connectivity index is 1.07. The van der Waals surface area contributed by atoms with E-state index in [0.29, 0.717) is 61.0 Å². The summed E-state index contributed by atoms with van der Waals surface area (Å²) in [4.78, 5) is 35.2. The van der Waals surface area contributed by atoms with E-state index in [4.69, 9.17) is 19.4 Å². The van der Waals surface area contributed by atoms with Gasteiger partial charge in [-0.05, 0) is 98.8 Å². The fourth-order valence-electron chi connectivity index (χ4n) is 7.70. The number of aliphatic carboxylic acids is 1. The zero-order valence-corrected chi connectivity index (χ0v) is 29.9.